The van der Waals surface area contributed by atoms with Crippen LogP contribution in [0, 0.1) is 11.8 Å². The molecule has 168 valence electrons. The monoisotopic (exact) mass is 436 g/mol. The van der Waals surface area contributed by atoms with Crippen molar-refractivity contribution in [2.75, 3.05) is 0 Å². The van der Waals surface area contributed by atoms with Crippen molar-refractivity contribution in [2.45, 2.75) is 123 Å². The van der Waals surface area contributed by atoms with Gasteiger partial charge in [-0.2, -0.15) is 0 Å². The van der Waals surface area contributed by atoms with Crippen LogP contribution in [0.1, 0.15) is 86.5 Å². The standard InChI is InChI=1S/C25H48O2Si2/c1-7-28(8-2,9-3)26-24-17-13-15-22(20-24)19-23-16-14-18-25(21-23)27-29(10-4,11-5)12-6/h20-23H,7-19H2,1-6H3. The van der Waals surface area contributed by atoms with E-state index in [1.54, 1.807) is 0 Å². The quantitative estimate of drug-likeness (QED) is 0.284. The minimum atomic E-state index is -1.53. The lowest BCUT2D eigenvalue weighted by atomic mass is 9.82. The molecular weight excluding hydrogens is 388 g/mol. The van der Waals surface area contributed by atoms with Crippen LogP contribution < -0.4 is 0 Å². The summed E-state index contributed by atoms with van der Waals surface area (Å²) >= 11 is 0. The van der Waals surface area contributed by atoms with Gasteiger partial charge in [-0.05, 0) is 92.4 Å². The van der Waals surface area contributed by atoms with E-state index >= 15 is 0 Å². The van der Waals surface area contributed by atoms with Crippen molar-refractivity contribution in [3.8, 4) is 0 Å². The van der Waals surface area contributed by atoms with Crippen molar-refractivity contribution >= 4 is 16.6 Å². The normalized spacial score (nSPS) is 23.4. The van der Waals surface area contributed by atoms with Crippen molar-refractivity contribution in [2.24, 2.45) is 11.8 Å². The van der Waals surface area contributed by atoms with Crippen LogP contribution in [0.5, 0.6) is 0 Å². The second-order valence-corrected chi connectivity index (χ2v) is 18.9. The predicted molar refractivity (Wildman–Crippen MR) is 132 cm³/mol. The lowest BCUT2D eigenvalue weighted by Gasteiger charge is -2.35. The third-order valence-electron chi connectivity index (χ3n) is 8.01. The molecule has 0 aromatic rings. The number of allylic oxidation sites excluding steroid dienone is 4. The summed E-state index contributed by atoms with van der Waals surface area (Å²) in [6.07, 6.45) is 13.9. The van der Waals surface area contributed by atoms with Gasteiger partial charge in [0.25, 0.3) is 0 Å². The van der Waals surface area contributed by atoms with E-state index < -0.39 is 16.6 Å². The predicted octanol–water partition coefficient (Wildman–Crippen LogP) is 8.79. The van der Waals surface area contributed by atoms with Crippen LogP contribution in [-0.2, 0) is 8.85 Å². The summed E-state index contributed by atoms with van der Waals surface area (Å²) in [7, 11) is -3.07. The summed E-state index contributed by atoms with van der Waals surface area (Å²) in [5.41, 5.74) is 0. The molecule has 0 saturated carbocycles. The molecule has 0 saturated heterocycles. The minimum absolute atomic E-state index is 0.696. The lowest BCUT2D eigenvalue weighted by molar-refractivity contribution is 0.309. The van der Waals surface area contributed by atoms with E-state index in [0.29, 0.717) is 11.8 Å². The van der Waals surface area contributed by atoms with Gasteiger partial charge in [0.15, 0.2) is 0 Å². The zero-order chi connectivity index (χ0) is 21.3. The first-order valence-corrected chi connectivity index (χ1v) is 17.8. The smallest absolute Gasteiger partial charge is 0.250 e. The Morgan fingerprint density at radius 1 is 0.655 bits per heavy atom. The molecule has 0 radical (unpaired) electrons. The van der Waals surface area contributed by atoms with Crippen LogP contribution >= 0.6 is 0 Å². The van der Waals surface area contributed by atoms with Crippen LogP contribution in [0.3, 0.4) is 0 Å². The first-order chi connectivity index (χ1) is 14.0. The maximum Gasteiger partial charge on any atom is 0.250 e. The molecule has 2 atom stereocenters. The van der Waals surface area contributed by atoms with Gasteiger partial charge >= 0.3 is 0 Å². The Morgan fingerprint density at radius 2 is 1.00 bits per heavy atom. The topological polar surface area (TPSA) is 18.5 Å². The van der Waals surface area contributed by atoms with Crippen molar-refractivity contribution in [1.29, 1.82) is 0 Å². The highest BCUT2D eigenvalue weighted by molar-refractivity contribution is 6.74. The van der Waals surface area contributed by atoms with Crippen LogP contribution in [0.15, 0.2) is 23.7 Å². The highest BCUT2D eigenvalue weighted by atomic mass is 28.4. The summed E-state index contributed by atoms with van der Waals surface area (Å²) in [5.74, 6) is 4.07. The van der Waals surface area contributed by atoms with E-state index in [1.165, 1.54) is 79.9 Å². The first-order valence-electron chi connectivity index (χ1n) is 12.8. The molecule has 0 spiro atoms. The second kappa shape index (κ2) is 11.8. The molecule has 0 aromatic carbocycles. The van der Waals surface area contributed by atoms with Gasteiger partial charge in [0.2, 0.25) is 16.6 Å². The average Bonchev–Trinajstić information content (AvgIpc) is 2.76. The van der Waals surface area contributed by atoms with Crippen molar-refractivity contribution < 1.29 is 8.85 Å². The molecular formula is C25H48O2Si2. The van der Waals surface area contributed by atoms with Gasteiger partial charge in [0.1, 0.15) is 0 Å². The number of hydrogen-bond donors (Lipinski definition) is 0. The summed E-state index contributed by atoms with van der Waals surface area (Å²) in [4.78, 5) is 0. The molecule has 0 bridgehead atoms. The van der Waals surface area contributed by atoms with Gasteiger partial charge in [0, 0.05) is 12.8 Å². The molecule has 2 unspecified atom stereocenters. The molecule has 0 fully saturated rings. The van der Waals surface area contributed by atoms with Crippen molar-refractivity contribution in [3.63, 3.8) is 0 Å². The summed E-state index contributed by atoms with van der Waals surface area (Å²) in [6.45, 7) is 14.0. The summed E-state index contributed by atoms with van der Waals surface area (Å²) < 4.78 is 13.5. The molecule has 0 aromatic heterocycles. The third kappa shape index (κ3) is 6.75. The maximum absolute atomic E-state index is 6.74. The van der Waals surface area contributed by atoms with Crippen LogP contribution in [0.4, 0.5) is 0 Å². The van der Waals surface area contributed by atoms with Gasteiger partial charge in [-0.1, -0.05) is 41.5 Å². The maximum atomic E-state index is 6.74. The Bertz CT molecular complexity index is 482. The van der Waals surface area contributed by atoms with E-state index in [9.17, 15) is 0 Å². The SMILES string of the molecule is CC[Si](CC)(CC)OC1=CC(CC2C=C(O[Si](CC)(CC)CC)CCC2)CCC1. The molecule has 0 amide bonds. The molecule has 2 aliphatic rings. The van der Waals surface area contributed by atoms with Crippen molar-refractivity contribution in [3.05, 3.63) is 23.7 Å². The summed E-state index contributed by atoms with van der Waals surface area (Å²) in [6, 6.07) is 7.45. The Morgan fingerprint density at radius 3 is 1.31 bits per heavy atom. The molecule has 29 heavy (non-hydrogen) atoms. The molecule has 2 rings (SSSR count). The van der Waals surface area contributed by atoms with Crippen molar-refractivity contribution in [1.82, 2.24) is 0 Å². The zero-order valence-corrected chi connectivity index (χ0v) is 22.3. The molecule has 2 nitrogen and oxygen atoms in total. The average molecular weight is 437 g/mol. The van der Waals surface area contributed by atoms with Gasteiger partial charge in [-0.3, -0.25) is 0 Å². The Balaban J connectivity index is 2.02. The lowest BCUT2D eigenvalue weighted by Crippen LogP contribution is -2.36. The minimum Gasteiger partial charge on any atom is -0.547 e. The Kier molecular flexibility index (Phi) is 10.1. The van der Waals surface area contributed by atoms with E-state index in [0.717, 1.165) is 12.8 Å². The molecule has 0 aliphatic heterocycles. The molecule has 2 aliphatic carbocycles. The largest absolute Gasteiger partial charge is 0.547 e. The Hall–Kier alpha value is -0.486. The van der Waals surface area contributed by atoms with Crippen LogP contribution in [0.2, 0.25) is 36.3 Å². The fourth-order valence-corrected chi connectivity index (χ4v) is 10.7. The fraction of sp³-hybridized carbons (Fsp3) is 0.840. The van der Waals surface area contributed by atoms with Gasteiger partial charge < -0.3 is 8.85 Å². The second-order valence-electron chi connectivity index (χ2n) is 9.50. The van der Waals surface area contributed by atoms with Gasteiger partial charge in [-0.15, -0.1) is 0 Å². The highest BCUT2D eigenvalue weighted by Crippen LogP contribution is 2.37. The van der Waals surface area contributed by atoms with E-state index in [2.05, 4.69) is 53.7 Å². The van der Waals surface area contributed by atoms with Gasteiger partial charge in [-0.25, -0.2) is 0 Å². The Labute approximate surface area is 183 Å². The fourth-order valence-electron chi connectivity index (χ4n) is 5.36. The van der Waals surface area contributed by atoms with Gasteiger partial charge in [0.05, 0.1) is 11.5 Å². The summed E-state index contributed by atoms with van der Waals surface area (Å²) in [5, 5.41) is 0. The molecule has 4 heteroatoms. The molecule has 0 heterocycles. The zero-order valence-electron chi connectivity index (χ0n) is 20.3. The van der Waals surface area contributed by atoms with E-state index in [-0.39, 0.29) is 0 Å². The van der Waals surface area contributed by atoms with E-state index in [1.807, 2.05) is 0 Å². The number of hydrogen-bond acceptors (Lipinski definition) is 2. The van der Waals surface area contributed by atoms with Crippen LogP contribution in [0.25, 0.3) is 0 Å². The van der Waals surface area contributed by atoms with E-state index in [4.69, 9.17) is 8.85 Å². The number of rotatable bonds is 12. The van der Waals surface area contributed by atoms with Crippen LogP contribution in [-0.4, -0.2) is 16.6 Å². The third-order valence-corrected chi connectivity index (χ3v) is 17.1. The highest BCUT2D eigenvalue weighted by Gasteiger charge is 2.34. The molecule has 0 N–H and O–H groups in total. The first kappa shape index (κ1) is 24.8.